The third kappa shape index (κ3) is 5.38. The SMILES string of the molecule is Oc1ccc(Cl)nc1.Oc1ccc(Cl)nc1I. The van der Waals surface area contributed by atoms with Gasteiger partial charge in [-0.1, -0.05) is 23.2 Å². The van der Waals surface area contributed by atoms with Gasteiger partial charge in [-0.15, -0.1) is 0 Å². The van der Waals surface area contributed by atoms with Crippen molar-refractivity contribution in [3.05, 3.63) is 44.5 Å². The molecular weight excluding hydrogens is 378 g/mol. The van der Waals surface area contributed by atoms with Crippen molar-refractivity contribution in [3.63, 3.8) is 0 Å². The molecule has 0 aromatic carbocycles. The highest BCUT2D eigenvalue weighted by atomic mass is 127. The molecule has 2 rings (SSSR count). The van der Waals surface area contributed by atoms with E-state index in [2.05, 4.69) is 9.97 Å². The predicted molar refractivity (Wildman–Crippen MR) is 74.5 cm³/mol. The summed E-state index contributed by atoms with van der Waals surface area (Å²) in [6.07, 6.45) is 1.29. The van der Waals surface area contributed by atoms with Crippen LogP contribution in [0.5, 0.6) is 11.5 Å². The summed E-state index contributed by atoms with van der Waals surface area (Å²) in [7, 11) is 0. The van der Waals surface area contributed by atoms with E-state index in [4.69, 9.17) is 33.4 Å². The van der Waals surface area contributed by atoms with Crippen LogP contribution in [-0.4, -0.2) is 20.2 Å². The van der Waals surface area contributed by atoms with Crippen LogP contribution >= 0.6 is 45.8 Å². The molecule has 0 saturated carbocycles. The lowest BCUT2D eigenvalue weighted by Gasteiger charge is -1.93. The molecule has 4 nitrogen and oxygen atoms in total. The molecule has 0 aliphatic heterocycles. The van der Waals surface area contributed by atoms with Crippen molar-refractivity contribution >= 4 is 45.8 Å². The van der Waals surface area contributed by atoms with Crippen LogP contribution in [0.25, 0.3) is 0 Å². The summed E-state index contributed by atoms with van der Waals surface area (Å²) in [5.74, 6) is 0.300. The Balaban J connectivity index is 0.000000171. The Bertz CT molecular complexity index is 473. The average molecular weight is 385 g/mol. The van der Waals surface area contributed by atoms with Crippen molar-refractivity contribution in [1.82, 2.24) is 9.97 Å². The van der Waals surface area contributed by atoms with Gasteiger partial charge in [0.05, 0.1) is 6.20 Å². The topological polar surface area (TPSA) is 66.2 Å². The Hall–Kier alpha value is -0.790. The van der Waals surface area contributed by atoms with Crippen molar-refractivity contribution < 1.29 is 10.2 Å². The van der Waals surface area contributed by atoms with E-state index >= 15 is 0 Å². The highest BCUT2D eigenvalue weighted by Crippen LogP contribution is 2.18. The van der Waals surface area contributed by atoms with E-state index < -0.39 is 0 Å². The number of aromatic nitrogens is 2. The highest BCUT2D eigenvalue weighted by molar-refractivity contribution is 14.1. The van der Waals surface area contributed by atoms with Crippen LogP contribution in [0.1, 0.15) is 0 Å². The van der Waals surface area contributed by atoms with Crippen LogP contribution in [-0.2, 0) is 0 Å². The first-order valence-corrected chi connectivity index (χ1v) is 6.14. The van der Waals surface area contributed by atoms with E-state index in [1.165, 1.54) is 24.4 Å². The average Bonchev–Trinajstić information content (AvgIpc) is 2.29. The Kier molecular flexibility index (Phi) is 5.73. The Morgan fingerprint density at radius 3 is 2.06 bits per heavy atom. The molecule has 2 heterocycles. The molecule has 2 aromatic rings. The molecule has 0 atom stereocenters. The second kappa shape index (κ2) is 6.83. The van der Waals surface area contributed by atoms with Gasteiger partial charge in [0.1, 0.15) is 25.5 Å². The largest absolute Gasteiger partial charge is 0.506 e. The van der Waals surface area contributed by atoms with Gasteiger partial charge in [-0.2, -0.15) is 0 Å². The van der Waals surface area contributed by atoms with E-state index in [1.807, 2.05) is 22.6 Å². The quantitative estimate of drug-likeness (QED) is 0.539. The number of rotatable bonds is 0. The summed E-state index contributed by atoms with van der Waals surface area (Å²) in [4.78, 5) is 7.37. The van der Waals surface area contributed by atoms with Gasteiger partial charge in [-0.25, -0.2) is 9.97 Å². The molecule has 0 aliphatic carbocycles. The highest BCUT2D eigenvalue weighted by Gasteiger charge is 1.96. The molecule has 0 fully saturated rings. The minimum Gasteiger partial charge on any atom is -0.506 e. The van der Waals surface area contributed by atoms with Gasteiger partial charge >= 0.3 is 0 Å². The van der Waals surface area contributed by atoms with Crippen LogP contribution in [0.2, 0.25) is 10.3 Å². The fraction of sp³-hybridized carbons (Fsp3) is 0. The molecule has 0 radical (unpaired) electrons. The third-order valence-corrected chi connectivity index (χ3v) is 2.73. The van der Waals surface area contributed by atoms with Gasteiger partial charge in [-0.3, -0.25) is 0 Å². The predicted octanol–water partition coefficient (Wildman–Crippen LogP) is 3.49. The molecular formula is C10H7Cl2IN2O2. The molecule has 0 spiro atoms. The first kappa shape index (κ1) is 14.3. The van der Waals surface area contributed by atoms with Crippen molar-refractivity contribution in [2.24, 2.45) is 0 Å². The normalized spacial score (nSPS) is 9.35. The number of hydrogen-bond acceptors (Lipinski definition) is 4. The number of nitrogens with zero attached hydrogens (tertiary/aromatic N) is 2. The van der Waals surface area contributed by atoms with E-state index in [9.17, 15) is 0 Å². The van der Waals surface area contributed by atoms with Gasteiger partial charge in [0.15, 0.2) is 0 Å². The van der Waals surface area contributed by atoms with Crippen molar-refractivity contribution in [2.75, 3.05) is 0 Å². The lowest BCUT2D eigenvalue weighted by Crippen LogP contribution is -1.79. The van der Waals surface area contributed by atoms with Gasteiger partial charge in [-0.05, 0) is 46.9 Å². The third-order valence-electron chi connectivity index (χ3n) is 1.51. The van der Waals surface area contributed by atoms with Crippen LogP contribution < -0.4 is 0 Å². The molecule has 7 heteroatoms. The van der Waals surface area contributed by atoms with Crippen LogP contribution in [0.3, 0.4) is 0 Å². The molecule has 17 heavy (non-hydrogen) atoms. The minimum atomic E-state index is 0.134. The van der Waals surface area contributed by atoms with Gasteiger partial charge < -0.3 is 10.2 Å². The molecule has 0 unspecified atom stereocenters. The first-order valence-electron chi connectivity index (χ1n) is 4.30. The summed E-state index contributed by atoms with van der Waals surface area (Å²) in [6, 6.07) is 6.06. The summed E-state index contributed by atoms with van der Waals surface area (Å²) >= 11 is 12.8. The van der Waals surface area contributed by atoms with Gasteiger partial charge in [0.2, 0.25) is 0 Å². The first-order chi connectivity index (χ1) is 7.99. The number of halogens is 3. The second-order valence-electron chi connectivity index (χ2n) is 2.78. The smallest absolute Gasteiger partial charge is 0.147 e. The minimum absolute atomic E-state index is 0.134. The maximum Gasteiger partial charge on any atom is 0.147 e. The van der Waals surface area contributed by atoms with Gasteiger partial charge in [0.25, 0.3) is 0 Å². The monoisotopic (exact) mass is 384 g/mol. The summed E-state index contributed by atoms with van der Waals surface area (Å²) < 4.78 is 0.528. The lowest BCUT2D eigenvalue weighted by atomic mass is 10.5. The van der Waals surface area contributed by atoms with Crippen molar-refractivity contribution in [3.8, 4) is 11.5 Å². The fourth-order valence-corrected chi connectivity index (χ4v) is 1.61. The molecule has 0 bridgehead atoms. The Morgan fingerprint density at radius 2 is 1.65 bits per heavy atom. The maximum atomic E-state index is 8.92. The zero-order valence-electron chi connectivity index (χ0n) is 8.31. The van der Waals surface area contributed by atoms with E-state index in [-0.39, 0.29) is 11.5 Å². The number of pyridine rings is 2. The van der Waals surface area contributed by atoms with Crippen LogP contribution in [0.15, 0.2) is 30.5 Å². The van der Waals surface area contributed by atoms with Crippen molar-refractivity contribution in [1.29, 1.82) is 0 Å². The fourth-order valence-electron chi connectivity index (χ4n) is 0.773. The molecule has 0 aliphatic rings. The summed E-state index contributed by atoms with van der Waals surface area (Å²) in [6.45, 7) is 0. The number of hydrogen-bond donors (Lipinski definition) is 2. The van der Waals surface area contributed by atoms with Gasteiger partial charge in [0, 0.05) is 0 Å². The van der Waals surface area contributed by atoms with E-state index in [0.717, 1.165) is 0 Å². The standard InChI is InChI=1S/C5H3ClINO.C5H4ClNO/c6-4-2-1-3(9)5(7)8-4;6-5-2-1-4(8)3-7-5/h1-2,9H;1-3,8H. The van der Waals surface area contributed by atoms with Crippen molar-refractivity contribution in [2.45, 2.75) is 0 Å². The maximum absolute atomic E-state index is 8.92. The van der Waals surface area contributed by atoms with E-state index in [1.54, 1.807) is 6.07 Å². The zero-order chi connectivity index (χ0) is 12.8. The molecule has 2 aromatic heterocycles. The Labute approximate surface area is 121 Å². The van der Waals surface area contributed by atoms with Crippen LogP contribution in [0, 0.1) is 3.70 Å². The zero-order valence-corrected chi connectivity index (χ0v) is 12.0. The second-order valence-corrected chi connectivity index (χ2v) is 4.58. The lowest BCUT2D eigenvalue weighted by molar-refractivity contribution is 0.468. The molecule has 90 valence electrons. The molecule has 2 N–H and O–H groups in total. The molecule has 0 saturated heterocycles. The number of aromatic hydroxyl groups is 2. The molecule has 0 amide bonds. The summed E-state index contributed by atoms with van der Waals surface area (Å²) in [5.41, 5.74) is 0. The van der Waals surface area contributed by atoms with E-state index in [0.29, 0.717) is 14.0 Å². The Morgan fingerprint density at radius 1 is 1.00 bits per heavy atom. The summed E-state index contributed by atoms with van der Waals surface area (Å²) in [5, 5.41) is 18.3. The van der Waals surface area contributed by atoms with Crippen LogP contribution in [0.4, 0.5) is 0 Å².